The van der Waals surface area contributed by atoms with Crippen LogP contribution >= 0.6 is 0 Å². The first-order valence-electron chi connectivity index (χ1n) is 10.1. The lowest BCUT2D eigenvalue weighted by molar-refractivity contribution is -0.153. The summed E-state index contributed by atoms with van der Waals surface area (Å²) in [5, 5.41) is 0. The minimum atomic E-state index is -1.07. The van der Waals surface area contributed by atoms with Gasteiger partial charge in [0.1, 0.15) is 18.0 Å². The lowest BCUT2D eigenvalue weighted by atomic mass is 10.2. The van der Waals surface area contributed by atoms with Gasteiger partial charge in [-0.25, -0.2) is 9.59 Å². The number of Topliss-reactive ketones (excluding diaryl/α,β-unsaturated/α-hetero) is 1. The molecule has 33 heavy (non-hydrogen) atoms. The van der Waals surface area contributed by atoms with Crippen LogP contribution in [0.5, 0.6) is 11.5 Å². The average Bonchev–Trinajstić information content (AvgIpc) is 2.84. The molecule has 0 amide bonds. The molecule has 0 saturated heterocycles. The van der Waals surface area contributed by atoms with Crippen LogP contribution in [0.25, 0.3) is 0 Å². The Balaban J connectivity index is 1.52. The predicted molar refractivity (Wildman–Crippen MR) is 118 cm³/mol. The highest BCUT2D eigenvalue weighted by atomic mass is 16.6. The molecule has 1 unspecified atom stereocenters. The zero-order chi connectivity index (χ0) is 23.5. The molecule has 1 aliphatic heterocycles. The first kappa shape index (κ1) is 21.9. The maximum atomic E-state index is 12.8. The summed E-state index contributed by atoms with van der Waals surface area (Å²) in [7, 11) is 1.25. The quantitative estimate of drug-likeness (QED) is 0.429. The van der Waals surface area contributed by atoms with Crippen molar-refractivity contribution in [2.24, 2.45) is 7.05 Å². The molecule has 10 nitrogen and oxygen atoms in total. The van der Waals surface area contributed by atoms with Gasteiger partial charge in [0.05, 0.1) is 6.54 Å². The molecule has 0 radical (unpaired) electrons. The number of benzene rings is 2. The van der Waals surface area contributed by atoms with Gasteiger partial charge in [-0.2, -0.15) is 0 Å². The minimum absolute atomic E-state index is 0.0619. The Morgan fingerprint density at radius 3 is 2.45 bits per heavy atom. The van der Waals surface area contributed by atoms with Crippen LogP contribution in [0.4, 0.5) is 5.82 Å². The van der Waals surface area contributed by atoms with E-state index < -0.39 is 41.3 Å². The second-order valence-electron chi connectivity index (χ2n) is 7.37. The monoisotopic (exact) mass is 451 g/mol. The number of rotatable bonds is 6. The number of nitrogen functional groups attached to an aromatic ring is 1. The van der Waals surface area contributed by atoms with E-state index in [-0.39, 0.29) is 19.0 Å². The Morgan fingerprint density at radius 1 is 1.06 bits per heavy atom. The van der Waals surface area contributed by atoms with Gasteiger partial charge in [-0.3, -0.25) is 18.7 Å². The number of aromatic nitrogens is 2. The number of hydrogen-bond donors (Lipinski definition) is 1. The van der Waals surface area contributed by atoms with Crippen molar-refractivity contribution in [1.29, 1.82) is 0 Å². The first-order valence-corrected chi connectivity index (χ1v) is 10.1. The molecule has 0 saturated carbocycles. The zero-order valence-electron chi connectivity index (χ0n) is 17.7. The molecule has 1 aliphatic rings. The Kier molecular flexibility index (Phi) is 5.99. The second kappa shape index (κ2) is 9.03. The molecule has 0 spiro atoms. The highest BCUT2D eigenvalue weighted by Gasteiger charge is 2.30. The smallest absolute Gasteiger partial charge is 0.351 e. The van der Waals surface area contributed by atoms with Gasteiger partial charge in [0.15, 0.2) is 18.1 Å². The summed E-state index contributed by atoms with van der Waals surface area (Å²) in [5.74, 6) is -1.08. The molecular formula is C23H21N3O7. The number of carbonyl (C=O) groups excluding carboxylic acids is 2. The molecule has 10 heteroatoms. The van der Waals surface area contributed by atoms with E-state index in [0.29, 0.717) is 11.5 Å². The zero-order valence-corrected chi connectivity index (χ0v) is 17.7. The van der Waals surface area contributed by atoms with Crippen LogP contribution in [-0.2, 0) is 23.1 Å². The van der Waals surface area contributed by atoms with Crippen molar-refractivity contribution in [2.75, 3.05) is 18.9 Å². The van der Waals surface area contributed by atoms with Crippen LogP contribution in [0.3, 0.4) is 0 Å². The van der Waals surface area contributed by atoms with Gasteiger partial charge in [0.2, 0.25) is 11.9 Å². The van der Waals surface area contributed by atoms with Crippen molar-refractivity contribution < 1.29 is 23.8 Å². The first-order chi connectivity index (χ1) is 15.9. The van der Waals surface area contributed by atoms with Crippen molar-refractivity contribution >= 4 is 17.6 Å². The Morgan fingerprint density at radius 2 is 1.73 bits per heavy atom. The number of hydrogen-bond acceptors (Lipinski definition) is 8. The lowest BCUT2D eigenvalue weighted by Crippen LogP contribution is -2.43. The number of fused-ring (bicyclic) bond motifs is 1. The molecule has 0 fully saturated rings. The summed E-state index contributed by atoms with van der Waals surface area (Å²) in [6.45, 7) is -0.772. The summed E-state index contributed by atoms with van der Waals surface area (Å²) in [5.41, 5.74) is 4.85. The van der Waals surface area contributed by atoms with Gasteiger partial charge in [0, 0.05) is 7.05 Å². The average molecular weight is 451 g/mol. The Labute approximate surface area is 187 Å². The molecule has 3 aromatic rings. The predicted octanol–water partition coefficient (Wildman–Crippen LogP) is 0.743. The van der Waals surface area contributed by atoms with Crippen molar-refractivity contribution in [2.45, 2.75) is 12.6 Å². The molecule has 1 atom stereocenters. The molecule has 4 rings (SSSR count). The highest BCUT2D eigenvalue weighted by molar-refractivity contribution is 6.01. The van der Waals surface area contributed by atoms with Crippen LogP contribution in [-0.4, -0.2) is 40.2 Å². The molecule has 2 N–H and O–H groups in total. The van der Waals surface area contributed by atoms with Crippen LogP contribution < -0.4 is 26.5 Å². The largest absolute Gasteiger partial charge is 0.485 e. The molecule has 1 aromatic heterocycles. The summed E-state index contributed by atoms with van der Waals surface area (Å²) < 4.78 is 18.0. The Hall–Kier alpha value is -4.34. The third kappa shape index (κ3) is 4.36. The van der Waals surface area contributed by atoms with Gasteiger partial charge >= 0.3 is 11.7 Å². The summed E-state index contributed by atoms with van der Waals surface area (Å²) in [6.07, 6.45) is -1.07. The van der Waals surface area contributed by atoms with E-state index in [0.717, 1.165) is 14.7 Å². The van der Waals surface area contributed by atoms with E-state index in [1.165, 1.54) is 7.05 Å². The van der Waals surface area contributed by atoms with E-state index in [4.69, 9.17) is 19.9 Å². The highest BCUT2D eigenvalue weighted by Crippen LogP contribution is 2.31. The molecule has 0 aliphatic carbocycles. The molecule has 170 valence electrons. The lowest BCUT2D eigenvalue weighted by Gasteiger charge is -2.24. The molecule has 2 aromatic carbocycles. The maximum absolute atomic E-state index is 12.8. The number of esters is 1. The molecule has 0 bridgehead atoms. The number of ether oxygens (including phenoxy) is 3. The summed E-state index contributed by atoms with van der Waals surface area (Å²) in [4.78, 5) is 50.4. The van der Waals surface area contributed by atoms with E-state index in [2.05, 4.69) is 0 Å². The maximum Gasteiger partial charge on any atom is 0.351 e. The number of ketones is 1. The second-order valence-corrected chi connectivity index (χ2v) is 7.37. The third-order valence-corrected chi connectivity index (χ3v) is 5.16. The summed E-state index contributed by atoms with van der Waals surface area (Å²) >= 11 is 0. The fourth-order valence-electron chi connectivity index (χ4n) is 3.40. The fourth-order valence-corrected chi connectivity index (χ4v) is 3.40. The third-order valence-electron chi connectivity index (χ3n) is 5.16. The normalized spacial score (nSPS) is 14.5. The van der Waals surface area contributed by atoms with Crippen LogP contribution in [0.15, 0.2) is 64.2 Å². The SMILES string of the molecule is Cn1c(=O)c(C(=O)COC(=O)C2COc3ccccc3O2)c(N)n(Cc2ccccc2)c1=O. The van der Waals surface area contributed by atoms with Crippen molar-refractivity contribution in [3.63, 3.8) is 0 Å². The van der Waals surface area contributed by atoms with Gasteiger partial charge in [-0.05, 0) is 17.7 Å². The van der Waals surface area contributed by atoms with E-state index in [9.17, 15) is 19.2 Å². The number of anilines is 1. The number of carbonyl (C=O) groups is 2. The van der Waals surface area contributed by atoms with E-state index in [1.54, 1.807) is 48.5 Å². The van der Waals surface area contributed by atoms with Crippen molar-refractivity contribution in [3.05, 3.63) is 86.6 Å². The van der Waals surface area contributed by atoms with Gasteiger partial charge in [-0.1, -0.05) is 42.5 Å². The van der Waals surface area contributed by atoms with Crippen molar-refractivity contribution in [1.82, 2.24) is 9.13 Å². The van der Waals surface area contributed by atoms with Crippen molar-refractivity contribution in [3.8, 4) is 11.5 Å². The minimum Gasteiger partial charge on any atom is -0.485 e. The molecular weight excluding hydrogens is 430 g/mol. The van der Waals surface area contributed by atoms with Crippen LogP contribution in [0.2, 0.25) is 0 Å². The number of nitrogens with zero attached hydrogens (tertiary/aromatic N) is 2. The number of para-hydroxylation sites is 2. The standard InChI is InChI=1S/C23H21N3O7/c1-25-21(28)19(20(24)26(23(25)30)11-14-7-3-2-4-8-14)15(27)12-32-22(29)18-13-31-16-9-5-6-10-17(16)33-18/h2-10,18H,11-13,24H2,1H3. The van der Waals surface area contributed by atoms with E-state index in [1.807, 2.05) is 6.07 Å². The molecule has 2 heterocycles. The number of nitrogens with two attached hydrogens (primary N) is 1. The van der Waals surface area contributed by atoms with Crippen LogP contribution in [0.1, 0.15) is 15.9 Å². The van der Waals surface area contributed by atoms with Gasteiger partial charge in [-0.15, -0.1) is 0 Å². The van der Waals surface area contributed by atoms with Gasteiger partial charge in [0.25, 0.3) is 5.56 Å². The summed E-state index contributed by atoms with van der Waals surface area (Å²) in [6, 6.07) is 15.8. The van der Waals surface area contributed by atoms with Gasteiger partial charge < -0.3 is 19.9 Å². The van der Waals surface area contributed by atoms with E-state index >= 15 is 0 Å². The van der Waals surface area contributed by atoms with Crippen LogP contribution in [0, 0.1) is 0 Å². The fraction of sp³-hybridized carbons (Fsp3) is 0.217. The Bertz CT molecular complexity index is 1330. The topological polar surface area (TPSA) is 132 Å².